The number of halogens is 1. The van der Waals surface area contributed by atoms with E-state index >= 15 is 0 Å². The van der Waals surface area contributed by atoms with Crippen molar-refractivity contribution in [2.45, 2.75) is 39.5 Å². The molecule has 1 aromatic heterocycles. The first kappa shape index (κ1) is 17.7. The minimum Gasteiger partial charge on any atom is -0.356 e. The maximum absolute atomic E-state index is 4.45. The number of nitrogens with zero attached hydrogens (tertiary/aromatic N) is 2. The molecule has 2 N–H and O–H groups in total. The lowest BCUT2D eigenvalue weighted by molar-refractivity contribution is 0.314. The fourth-order valence-corrected chi connectivity index (χ4v) is 3.20. The van der Waals surface area contributed by atoms with Gasteiger partial charge in [0.1, 0.15) is 0 Å². The van der Waals surface area contributed by atoms with Crippen molar-refractivity contribution in [2.24, 2.45) is 10.9 Å². The van der Waals surface area contributed by atoms with E-state index in [0.29, 0.717) is 0 Å². The van der Waals surface area contributed by atoms with Gasteiger partial charge in [-0.3, -0.25) is 4.99 Å². The maximum atomic E-state index is 4.45. The molecule has 1 saturated carbocycles. The van der Waals surface area contributed by atoms with Gasteiger partial charge in [0.25, 0.3) is 0 Å². The first-order valence-corrected chi connectivity index (χ1v) is 7.88. The highest BCUT2D eigenvalue weighted by Gasteiger charge is 2.17. The molecular formula is C14H25IN4S. The second kappa shape index (κ2) is 8.81. The summed E-state index contributed by atoms with van der Waals surface area (Å²) in [6, 6.07) is 0. The molecule has 2 rings (SSSR count). The Labute approximate surface area is 142 Å². The molecule has 1 heterocycles. The van der Waals surface area contributed by atoms with E-state index in [1.165, 1.54) is 29.8 Å². The summed E-state index contributed by atoms with van der Waals surface area (Å²) in [6.07, 6.45) is 5.14. The van der Waals surface area contributed by atoms with Gasteiger partial charge in [-0.15, -0.1) is 35.3 Å². The Kier molecular flexibility index (Phi) is 7.79. The van der Waals surface area contributed by atoms with E-state index in [-0.39, 0.29) is 24.0 Å². The number of thiazole rings is 1. The summed E-state index contributed by atoms with van der Waals surface area (Å²) in [5.74, 6) is 1.77. The van der Waals surface area contributed by atoms with Gasteiger partial charge in [-0.05, 0) is 32.6 Å². The Morgan fingerprint density at radius 1 is 1.35 bits per heavy atom. The highest BCUT2D eigenvalue weighted by atomic mass is 127. The van der Waals surface area contributed by atoms with E-state index < -0.39 is 0 Å². The van der Waals surface area contributed by atoms with E-state index in [2.05, 4.69) is 34.5 Å². The summed E-state index contributed by atoms with van der Waals surface area (Å²) < 4.78 is 0. The number of aliphatic imine (C=N–C) groups is 1. The first-order chi connectivity index (χ1) is 9.19. The molecule has 1 aromatic rings. The Balaban J connectivity index is 0.00000200. The predicted octanol–water partition coefficient (Wildman–Crippen LogP) is 2.89. The zero-order valence-corrected chi connectivity index (χ0v) is 15.7. The van der Waals surface area contributed by atoms with Crippen LogP contribution in [0, 0.1) is 19.8 Å². The summed E-state index contributed by atoms with van der Waals surface area (Å²) in [7, 11) is 1.83. The quantitative estimate of drug-likeness (QED) is 0.448. The second-order valence-corrected chi connectivity index (χ2v) is 6.46. The molecule has 1 fully saturated rings. The monoisotopic (exact) mass is 408 g/mol. The number of aromatic nitrogens is 1. The molecule has 1 aliphatic rings. The number of hydrogen-bond acceptors (Lipinski definition) is 3. The molecule has 0 atom stereocenters. The van der Waals surface area contributed by atoms with Gasteiger partial charge in [-0.1, -0.05) is 6.42 Å². The largest absolute Gasteiger partial charge is 0.356 e. The van der Waals surface area contributed by atoms with Crippen LogP contribution in [0.4, 0.5) is 0 Å². The first-order valence-electron chi connectivity index (χ1n) is 7.06. The van der Waals surface area contributed by atoms with Crippen molar-refractivity contribution in [3.05, 3.63) is 15.6 Å². The van der Waals surface area contributed by atoms with Gasteiger partial charge in [-0.25, -0.2) is 4.98 Å². The van der Waals surface area contributed by atoms with Crippen LogP contribution in [0.1, 0.15) is 34.8 Å². The Bertz CT molecular complexity index is 440. The minimum atomic E-state index is 0. The van der Waals surface area contributed by atoms with Crippen LogP contribution in [0.2, 0.25) is 0 Å². The number of rotatable bonds is 5. The van der Waals surface area contributed by atoms with Gasteiger partial charge in [0, 0.05) is 31.4 Å². The average molecular weight is 408 g/mol. The van der Waals surface area contributed by atoms with Crippen molar-refractivity contribution in [3.8, 4) is 0 Å². The van der Waals surface area contributed by atoms with Gasteiger partial charge >= 0.3 is 0 Å². The highest BCUT2D eigenvalue weighted by molar-refractivity contribution is 14.0. The number of aryl methyl sites for hydroxylation is 2. The Hall–Kier alpha value is -0.370. The normalized spacial score (nSPS) is 15.4. The van der Waals surface area contributed by atoms with Crippen LogP contribution in [-0.4, -0.2) is 31.1 Å². The molecule has 0 aromatic carbocycles. The third kappa shape index (κ3) is 5.20. The second-order valence-electron chi connectivity index (χ2n) is 5.17. The standard InChI is InChI=1S/C14H24N4S.HI/c1-10-13(19-11(2)18-10)7-8-16-14(15-3)17-9-12-5-4-6-12;/h12H,4-9H2,1-3H3,(H2,15,16,17);1H. The molecule has 0 radical (unpaired) electrons. The van der Waals surface area contributed by atoms with Crippen molar-refractivity contribution in [1.29, 1.82) is 0 Å². The van der Waals surface area contributed by atoms with Crippen LogP contribution in [0.3, 0.4) is 0 Å². The Morgan fingerprint density at radius 3 is 2.60 bits per heavy atom. The third-order valence-electron chi connectivity index (χ3n) is 3.65. The van der Waals surface area contributed by atoms with Crippen molar-refractivity contribution in [2.75, 3.05) is 20.1 Å². The van der Waals surface area contributed by atoms with Crippen LogP contribution >= 0.6 is 35.3 Å². The molecule has 0 saturated heterocycles. The third-order valence-corrected chi connectivity index (χ3v) is 4.78. The van der Waals surface area contributed by atoms with E-state index in [4.69, 9.17) is 0 Å². The smallest absolute Gasteiger partial charge is 0.190 e. The molecule has 0 aliphatic heterocycles. The van der Waals surface area contributed by atoms with E-state index in [1.54, 1.807) is 11.3 Å². The summed E-state index contributed by atoms with van der Waals surface area (Å²) in [5, 5.41) is 7.93. The van der Waals surface area contributed by atoms with Crippen LogP contribution < -0.4 is 10.6 Å². The van der Waals surface area contributed by atoms with Crippen LogP contribution in [0.15, 0.2) is 4.99 Å². The van der Waals surface area contributed by atoms with E-state index in [9.17, 15) is 0 Å². The van der Waals surface area contributed by atoms with Gasteiger partial charge < -0.3 is 10.6 Å². The molecule has 0 spiro atoms. The molecular weight excluding hydrogens is 383 g/mol. The molecule has 0 bridgehead atoms. The molecule has 4 nitrogen and oxygen atoms in total. The highest BCUT2D eigenvalue weighted by Crippen LogP contribution is 2.25. The van der Waals surface area contributed by atoms with Crippen molar-refractivity contribution in [1.82, 2.24) is 15.6 Å². The minimum absolute atomic E-state index is 0. The zero-order valence-electron chi connectivity index (χ0n) is 12.5. The topological polar surface area (TPSA) is 49.3 Å². The lowest BCUT2D eigenvalue weighted by Crippen LogP contribution is -2.41. The average Bonchev–Trinajstić information content (AvgIpc) is 2.64. The molecule has 6 heteroatoms. The van der Waals surface area contributed by atoms with E-state index in [1.807, 2.05) is 7.05 Å². The van der Waals surface area contributed by atoms with Crippen molar-refractivity contribution < 1.29 is 0 Å². The molecule has 0 amide bonds. The fraction of sp³-hybridized carbons (Fsp3) is 0.714. The lowest BCUT2D eigenvalue weighted by Gasteiger charge is -2.26. The SMILES string of the molecule is CN=C(NCCc1sc(C)nc1C)NCC1CCC1.I. The van der Waals surface area contributed by atoms with Gasteiger partial charge in [0.05, 0.1) is 10.7 Å². The van der Waals surface area contributed by atoms with Gasteiger partial charge in [0.2, 0.25) is 0 Å². The van der Waals surface area contributed by atoms with Crippen LogP contribution in [-0.2, 0) is 6.42 Å². The van der Waals surface area contributed by atoms with Crippen molar-refractivity contribution >= 4 is 41.3 Å². The predicted molar refractivity (Wildman–Crippen MR) is 97.4 cm³/mol. The summed E-state index contributed by atoms with van der Waals surface area (Å²) >= 11 is 1.79. The van der Waals surface area contributed by atoms with Crippen molar-refractivity contribution in [3.63, 3.8) is 0 Å². The number of guanidine groups is 1. The lowest BCUT2D eigenvalue weighted by atomic mass is 9.85. The number of hydrogen-bond donors (Lipinski definition) is 2. The summed E-state index contributed by atoms with van der Waals surface area (Å²) in [5.41, 5.74) is 1.17. The van der Waals surface area contributed by atoms with Crippen LogP contribution in [0.25, 0.3) is 0 Å². The molecule has 1 aliphatic carbocycles. The van der Waals surface area contributed by atoms with E-state index in [0.717, 1.165) is 36.4 Å². The Morgan fingerprint density at radius 2 is 2.10 bits per heavy atom. The molecule has 20 heavy (non-hydrogen) atoms. The van der Waals surface area contributed by atoms with Crippen LogP contribution in [0.5, 0.6) is 0 Å². The molecule has 114 valence electrons. The zero-order chi connectivity index (χ0) is 13.7. The number of nitrogens with one attached hydrogen (secondary N) is 2. The fourth-order valence-electron chi connectivity index (χ4n) is 2.26. The molecule has 0 unspecified atom stereocenters. The summed E-state index contributed by atoms with van der Waals surface area (Å²) in [6.45, 7) is 6.11. The van der Waals surface area contributed by atoms with Gasteiger partial charge in [-0.2, -0.15) is 0 Å². The van der Waals surface area contributed by atoms with Gasteiger partial charge in [0.15, 0.2) is 5.96 Å². The maximum Gasteiger partial charge on any atom is 0.190 e. The summed E-state index contributed by atoms with van der Waals surface area (Å²) in [4.78, 5) is 10.1.